The van der Waals surface area contributed by atoms with Crippen molar-refractivity contribution in [3.8, 4) is 0 Å². The second kappa shape index (κ2) is 6.46. The Morgan fingerprint density at radius 3 is 2.65 bits per heavy atom. The van der Waals surface area contributed by atoms with Crippen LogP contribution in [0.25, 0.3) is 0 Å². The number of urea groups is 1. The maximum Gasteiger partial charge on any atom is 0.317 e. The fourth-order valence-corrected chi connectivity index (χ4v) is 3.44. The van der Waals surface area contributed by atoms with E-state index >= 15 is 0 Å². The fraction of sp³-hybridized carbons (Fsp3) is 0.867. The van der Waals surface area contributed by atoms with Crippen LogP contribution in [-0.4, -0.2) is 54.0 Å². The molecule has 114 valence electrons. The molecule has 2 rings (SSSR count). The van der Waals surface area contributed by atoms with Crippen molar-refractivity contribution >= 4 is 11.9 Å². The summed E-state index contributed by atoms with van der Waals surface area (Å²) in [5.41, 5.74) is 0. The smallest absolute Gasteiger partial charge is 0.317 e. The number of piperidine rings is 1. The van der Waals surface area contributed by atoms with Crippen LogP contribution < -0.4 is 5.32 Å². The Morgan fingerprint density at radius 1 is 1.30 bits per heavy atom. The molecule has 0 radical (unpaired) electrons. The van der Waals surface area contributed by atoms with Crippen LogP contribution in [0.5, 0.6) is 0 Å². The highest BCUT2D eigenvalue weighted by atomic mass is 16.2. The van der Waals surface area contributed by atoms with Crippen molar-refractivity contribution in [2.45, 2.75) is 46.1 Å². The number of hydrogen-bond donors (Lipinski definition) is 1. The van der Waals surface area contributed by atoms with Gasteiger partial charge in [-0.1, -0.05) is 0 Å². The van der Waals surface area contributed by atoms with E-state index in [9.17, 15) is 9.59 Å². The average molecular weight is 281 g/mol. The molecule has 0 aliphatic carbocycles. The highest BCUT2D eigenvalue weighted by Gasteiger charge is 2.36. The van der Waals surface area contributed by atoms with Crippen LogP contribution in [0.2, 0.25) is 0 Å². The molecule has 0 aromatic heterocycles. The van der Waals surface area contributed by atoms with Crippen LogP contribution in [0.4, 0.5) is 4.79 Å². The van der Waals surface area contributed by atoms with Gasteiger partial charge in [0.1, 0.15) is 0 Å². The van der Waals surface area contributed by atoms with E-state index in [0.717, 1.165) is 32.5 Å². The molecule has 2 fully saturated rings. The Kier molecular flexibility index (Phi) is 4.89. The maximum absolute atomic E-state index is 12.3. The summed E-state index contributed by atoms with van der Waals surface area (Å²) in [6, 6.07) is 0.324. The first-order valence-corrected chi connectivity index (χ1v) is 7.85. The van der Waals surface area contributed by atoms with Gasteiger partial charge in [0.25, 0.3) is 0 Å². The first kappa shape index (κ1) is 15.1. The van der Waals surface area contributed by atoms with Gasteiger partial charge in [-0.25, -0.2) is 4.79 Å². The molecule has 1 N–H and O–H groups in total. The zero-order valence-corrected chi connectivity index (χ0v) is 12.9. The van der Waals surface area contributed by atoms with Crippen molar-refractivity contribution in [2.75, 3.05) is 26.2 Å². The monoisotopic (exact) mass is 281 g/mol. The summed E-state index contributed by atoms with van der Waals surface area (Å²) in [6.07, 6.45) is 2.63. The average Bonchev–Trinajstić information content (AvgIpc) is 2.56. The van der Waals surface area contributed by atoms with Crippen LogP contribution >= 0.6 is 0 Å². The van der Waals surface area contributed by atoms with Gasteiger partial charge < -0.3 is 15.1 Å². The zero-order chi connectivity index (χ0) is 14.7. The third-order valence-corrected chi connectivity index (χ3v) is 4.63. The number of fused-ring (bicyclic) bond motifs is 1. The lowest BCUT2D eigenvalue weighted by molar-refractivity contribution is -0.133. The van der Waals surface area contributed by atoms with Gasteiger partial charge in [0.05, 0.1) is 0 Å². The predicted molar refractivity (Wildman–Crippen MR) is 78.3 cm³/mol. The summed E-state index contributed by atoms with van der Waals surface area (Å²) < 4.78 is 0. The first-order chi connectivity index (χ1) is 9.52. The molecule has 3 amide bonds. The summed E-state index contributed by atoms with van der Waals surface area (Å²) in [7, 11) is 0. The second-order valence-electron chi connectivity index (χ2n) is 6.26. The maximum atomic E-state index is 12.3. The molecule has 0 aromatic carbocycles. The van der Waals surface area contributed by atoms with E-state index in [1.165, 1.54) is 0 Å². The molecular formula is C15H27N3O2. The van der Waals surface area contributed by atoms with E-state index in [4.69, 9.17) is 0 Å². The van der Waals surface area contributed by atoms with Crippen molar-refractivity contribution in [1.82, 2.24) is 15.1 Å². The third kappa shape index (κ3) is 3.25. The molecule has 5 nitrogen and oxygen atoms in total. The fourth-order valence-electron chi connectivity index (χ4n) is 3.44. The largest absolute Gasteiger partial charge is 0.340 e. The normalized spacial score (nSPS) is 27.3. The lowest BCUT2D eigenvalue weighted by Crippen LogP contribution is -2.48. The summed E-state index contributed by atoms with van der Waals surface area (Å²) >= 11 is 0. The number of hydrogen-bond acceptors (Lipinski definition) is 2. The van der Waals surface area contributed by atoms with Crippen molar-refractivity contribution < 1.29 is 9.59 Å². The SMILES string of the molecule is CCNC(=O)N1CCC2CC(=O)N(C(C)C)CCC2C1. The summed E-state index contributed by atoms with van der Waals surface area (Å²) in [4.78, 5) is 28.1. The van der Waals surface area contributed by atoms with Gasteiger partial charge in [-0.15, -0.1) is 0 Å². The Labute approximate surface area is 121 Å². The van der Waals surface area contributed by atoms with Crippen molar-refractivity contribution in [3.63, 3.8) is 0 Å². The molecule has 2 aliphatic heterocycles. The minimum Gasteiger partial charge on any atom is -0.340 e. The zero-order valence-electron chi connectivity index (χ0n) is 12.9. The van der Waals surface area contributed by atoms with E-state index in [2.05, 4.69) is 19.2 Å². The van der Waals surface area contributed by atoms with E-state index in [-0.39, 0.29) is 12.1 Å². The Balaban J connectivity index is 1.99. The van der Waals surface area contributed by atoms with Gasteiger partial charge >= 0.3 is 6.03 Å². The molecule has 5 heteroatoms. The predicted octanol–water partition coefficient (Wildman–Crippen LogP) is 1.68. The number of likely N-dealkylation sites (tertiary alicyclic amines) is 2. The van der Waals surface area contributed by atoms with E-state index < -0.39 is 0 Å². The van der Waals surface area contributed by atoms with Gasteiger partial charge in [0.2, 0.25) is 5.91 Å². The minimum absolute atomic E-state index is 0.0437. The molecule has 2 aliphatic rings. The highest BCUT2D eigenvalue weighted by Crippen LogP contribution is 2.32. The number of carbonyl (C=O) groups excluding carboxylic acids is 2. The van der Waals surface area contributed by atoms with Crippen LogP contribution in [0.1, 0.15) is 40.0 Å². The molecular weight excluding hydrogens is 254 g/mol. The van der Waals surface area contributed by atoms with Crippen molar-refractivity contribution in [3.05, 3.63) is 0 Å². The first-order valence-electron chi connectivity index (χ1n) is 7.85. The molecule has 0 aromatic rings. The molecule has 0 saturated carbocycles. The topological polar surface area (TPSA) is 52.7 Å². The summed E-state index contributed by atoms with van der Waals surface area (Å²) in [6.45, 7) is 9.18. The summed E-state index contributed by atoms with van der Waals surface area (Å²) in [5, 5.41) is 2.87. The molecule has 0 spiro atoms. The van der Waals surface area contributed by atoms with E-state index in [0.29, 0.717) is 30.7 Å². The van der Waals surface area contributed by atoms with E-state index in [1.807, 2.05) is 16.7 Å². The van der Waals surface area contributed by atoms with Crippen LogP contribution in [0.3, 0.4) is 0 Å². The molecule has 2 unspecified atom stereocenters. The minimum atomic E-state index is 0.0437. The van der Waals surface area contributed by atoms with Crippen LogP contribution in [0.15, 0.2) is 0 Å². The molecule has 2 saturated heterocycles. The van der Waals surface area contributed by atoms with Crippen molar-refractivity contribution in [2.24, 2.45) is 11.8 Å². The van der Waals surface area contributed by atoms with E-state index in [1.54, 1.807) is 0 Å². The van der Waals surface area contributed by atoms with Gasteiger partial charge in [0.15, 0.2) is 0 Å². The highest BCUT2D eigenvalue weighted by molar-refractivity contribution is 5.77. The van der Waals surface area contributed by atoms with Crippen LogP contribution in [0, 0.1) is 11.8 Å². The molecule has 2 heterocycles. The number of nitrogens with zero attached hydrogens (tertiary/aromatic N) is 2. The van der Waals surface area contributed by atoms with Gasteiger partial charge in [-0.05, 0) is 45.4 Å². The number of nitrogens with one attached hydrogen (secondary N) is 1. The molecule has 0 bridgehead atoms. The number of rotatable bonds is 2. The number of carbonyl (C=O) groups is 2. The quantitative estimate of drug-likeness (QED) is 0.837. The Morgan fingerprint density at radius 2 is 2.00 bits per heavy atom. The Hall–Kier alpha value is -1.26. The lowest BCUT2D eigenvalue weighted by Gasteiger charge is -2.37. The Bertz CT molecular complexity index is 370. The molecule has 20 heavy (non-hydrogen) atoms. The standard InChI is InChI=1S/C15H27N3O2/c1-4-16-15(20)17-7-5-12-9-14(19)18(11(2)3)8-6-13(12)10-17/h11-13H,4-10H2,1-3H3,(H,16,20). The summed E-state index contributed by atoms with van der Waals surface area (Å²) in [5.74, 6) is 1.22. The van der Waals surface area contributed by atoms with Gasteiger partial charge in [-0.2, -0.15) is 0 Å². The molecule has 2 atom stereocenters. The van der Waals surface area contributed by atoms with Gasteiger partial charge in [-0.3, -0.25) is 4.79 Å². The third-order valence-electron chi connectivity index (χ3n) is 4.63. The van der Waals surface area contributed by atoms with Crippen molar-refractivity contribution in [1.29, 1.82) is 0 Å². The number of amides is 3. The lowest BCUT2D eigenvalue weighted by atomic mass is 9.82. The second-order valence-corrected chi connectivity index (χ2v) is 6.26. The van der Waals surface area contributed by atoms with Crippen LogP contribution in [-0.2, 0) is 4.79 Å². The van der Waals surface area contributed by atoms with Gasteiger partial charge in [0, 0.05) is 38.6 Å².